The number of carbonyl (C=O) groups excluding carboxylic acids is 1. The molecule has 1 aliphatic carbocycles. The van der Waals surface area contributed by atoms with E-state index in [9.17, 15) is 18.7 Å². The van der Waals surface area contributed by atoms with Gasteiger partial charge < -0.3 is 24.2 Å². The maximum Gasteiger partial charge on any atom is 0.319 e. The summed E-state index contributed by atoms with van der Waals surface area (Å²) in [5.74, 6) is 1.15. The van der Waals surface area contributed by atoms with Gasteiger partial charge in [0.1, 0.15) is 53.4 Å². The van der Waals surface area contributed by atoms with Gasteiger partial charge in [-0.2, -0.15) is 9.97 Å². The third-order valence-electron chi connectivity index (χ3n) is 10.0. The van der Waals surface area contributed by atoms with Gasteiger partial charge in [-0.15, -0.1) is 6.42 Å². The predicted molar refractivity (Wildman–Crippen MR) is 165 cm³/mol. The lowest BCUT2D eigenvalue weighted by Gasteiger charge is -2.41. The molecule has 4 atom stereocenters. The number of carbonyl (C=O) groups is 1. The average molecular weight is 646 g/mol. The molecule has 0 amide bonds. The first-order chi connectivity index (χ1) is 22.8. The Hall–Kier alpha value is -4.67. The lowest BCUT2D eigenvalue weighted by Crippen LogP contribution is -2.52. The molecule has 2 aromatic heterocycles. The van der Waals surface area contributed by atoms with Gasteiger partial charge >= 0.3 is 6.01 Å². The number of alkyl halides is 1. The Labute approximate surface area is 267 Å². The summed E-state index contributed by atoms with van der Waals surface area (Å²) in [7, 11) is 0. The van der Waals surface area contributed by atoms with Crippen molar-refractivity contribution in [1.82, 2.24) is 19.9 Å². The monoisotopic (exact) mass is 645 g/mol. The van der Waals surface area contributed by atoms with Crippen molar-refractivity contribution in [3.05, 3.63) is 41.5 Å². The van der Waals surface area contributed by atoms with E-state index >= 15 is 4.39 Å². The molecular formula is C34H30F3N5O5. The number of hydrogen-bond donors (Lipinski definition) is 1. The molecule has 4 aliphatic rings. The summed E-state index contributed by atoms with van der Waals surface area (Å²) in [6.07, 6.45) is 7.44. The summed E-state index contributed by atoms with van der Waals surface area (Å²) in [6, 6.07) is 5.07. The van der Waals surface area contributed by atoms with Crippen molar-refractivity contribution in [2.24, 2.45) is 0 Å². The van der Waals surface area contributed by atoms with E-state index < -0.39 is 29.4 Å². The molecule has 0 spiro atoms. The van der Waals surface area contributed by atoms with E-state index in [1.165, 1.54) is 24.3 Å². The van der Waals surface area contributed by atoms with Crippen molar-refractivity contribution in [1.29, 1.82) is 0 Å². The van der Waals surface area contributed by atoms with Crippen LogP contribution < -0.4 is 19.1 Å². The number of aromatic nitrogens is 3. The van der Waals surface area contributed by atoms with E-state index in [1.807, 2.05) is 4.90 Å². The lowest BCUT2D eigenvalue weighted by molar-refractivity contribution is -0.120. The molecule has 5 heterocycles. The minimum atomic E-state index is -0.964. The van der Waals surface area contributed by atoms with Crippen LogP contribution in [-0.4, -0.2) is 88.1 Å². The first-order valence-corrected chi connectivity index (χ1v) is 15.6. The Balaban J connectivity index is 1.34. The molecule has 1 saturated carbocycles. The van der Waals surface area contributed by atoms with E-state index in [0.29, 0.717) is 43.6 Å². The molecule has 10 nitrogen and oxygen atoms in total. The van der Waals surface area contributed by atoms with Gasteiger partial charge in [-0.05, 0) is 55.8 Å². The Morgan fingerprint density at radius 2 is 2.04 bits per heavy atom. The summed E-state index contributed by atoms with van der Waals surface area (Å²) in [5.41, 5.74) is -0.997. The van der Waals surface area contributed by atoms with Crippen molar-refractivity contribution in [2.75, 3.05) is 37.7 Å². The molecule has 2 saturated heterocycles. The number of nitrogens with zero attached hydrogens (tertiary/aromatic N) is 5. The van der Waals surface area contributed by atoms with Gasteiger partial charge in [0, 0.05) is 23.9 Å². The van der Waals surface area contributed by atoms with E-state index in [-0.39, 0.29) is 76.5 Å². The van der Waals surface area contributed by atoms with Crippen LogP contribution in [-0.2, 0) is 4.79 Å². The molecule has 47 heavy (non-hydrogen) atoms. The second kappa shape index (κ2) is 11.2. The van der Waals surface area contributed by atoms with Crippen LogP contribution in [0.4, 0.5) is 19.0 Å². The molecule has 0 unspecified atom stereocenters. The number of rotatable bonds is 7. The normalized spacial score (nSPS) is 25.2. The van der Waals surface area contributed by atoms with Gasteiger partial charge in [0.2, 0.25) is 5.88 Å². The Morgan fingerprint density at radius 3 is 2.81 bits per heavy atom. The lowest BCUT2D eigenvalue weighted by atomic mass is 9.87. The number of aliphatic hydroxyl groups is 1. The highest BCUT2D eigenvalue weighted by molar-refractivity contribution is 6.04. The molecule has 3 fully saturated rings. The van der Waals surface area contributed by atoms with Gasteiger partial charge in [0.15, 0.2) is 5.82 Å². The SMILES string of the molecule is C#Cc1c(F)ccc2cc(OC=O)cc(-c3nc4c5c(nc(OC[C@@]67CCCN6C[C@H](F)C7)nc5c3F)N([C@H]3CC[C@H]3O)CCO4)c12. The van der Waals surface area contributed by atoms with Crippen LogP contribution >= 0.6 is 0 Å². The number of benzene rings is 2. The summed E-state index contributed by atoms with van der Waals surface area (Å²) in [4.78, 5) is 29.1. The number of fused-ring (bicyclic) bond motifs is 2. The predicted octanol–water partition coefficient (Wildman–Crippen LogP) is 4.32. The van der Waals surface area contributed by atoms with Crippen LogP contribution in [0.1, 0.15) is 37.7 Å². The molecule has 4 aromatic rings. The van der Waals surface area contributed by atoms with E-state index in [1.54, 1.807) is 0 Å². The second-order valence-electron chi connectivity index (χ2n) is 12.6. The van der Waals surface area contributed by atoms with Crippen LogP contribution in [0.15, 0.2) is 24.3 Å². The number of anilines is 1. The summed E-state index contributed by atoms with van der Waals surface area (Å²) >= 11 is 0. The maximum atomic E-state index is 17.0. The van der Waals surface area contributed by atoms with E-state index in [2.05, 4.69) is 20.8 Å². The molecule has 8 rings (SSSR count). The third-order valence-corrected chi connectivity index (χ3v) is 10.0. The smallest absolute Gasteiger partial charge is 0.319 e. The molecule has 0 bridgehead atoms. The van der Waals surface area contributed by atoms with E-state index in [4.69, 9.17) is 25.6 Å². The standard InChI is InChI=1S/C34H30F3N5O5/c1-2-21-23(36)5-4-18-12-20(47-17-43)13-22(26(18)21)29-28(37)30-27-31(42(24-6-7-25(24)44)10-11-45-32(27)38-29)40-33(39-30)46-16-34-8-3-9-41(34)15-19(35)14-34/h1,4-5,12-13,17,19,24-25,44H,3,6-11,14-16H2/t19-,24+,25-,34+/m1/s1. The maximum absolute atomic E-state index is 17.0. The van der Waals surface area contributed by atoms with Crippen molar-refractivity contribution >= 4 is 34.0 Å². The van der Waals surface area contributed by atoms with Crippen LogP contribution in [0.25, 0.3) is 32.9 Å². The molecule has 13 heteroatoms. The molecule has 3 aliphatic heterocycles. The van der Waals surface area contributed by atoms with Crippen LogP contribution in [0.5, 0.6) is 17.6 Å². The fourth-order valence-corrected chi connectivity index (χ4v) is 7.67. The molecule has 2 aromatic carbocycles. The van der Waals surface area contributed by atoms with Crippen LogP contribution in [0.2, 0.25) is 0 Å². The highest BCUT2D eigenvalue weighted by atomic mass is 19.1. The van der Waals surface area contributed by atoms with Crippen LogP contribution in [0, 0.1) is 24.0 Å². The number of terminal acetylenes is 1. The van der Waals surface area contributed by atoms with Gasteiger partial charge in [-0.1, -0.05) is 12.0 Å². The van der Waals surface area contributed by atoms with Gasteiger partial charge in [-0.25, -0.2) is 18.2 Å². The first-order valence-electron chi connectivity index (χ1n) is 15.6. The third kappa shape index (κ3) is 4.72. The Morgan fingerprint density at radius 1 is 1.17 bits per heavy atom. The average Bonchev–Trinajstić information content (AvgIpc) is 3.52. The largest absolute Gasteiger partial charge is 0.475 e. The number of ether oxygens (including phenoxy) is 3. The fraction of sp³-hybridized carbons (Fsp3) is 0.412. The van der Waals surface area contributed by atoms with Crippen molar-refractivity contribution in [3.8, 4) is 41.2 Å². The number of hydrogen-bond acceptors (Lipinski definition) is 10. The van der Waals surface area contributed by atoms with Crippen molar-refractivity contribution in [2.45, 2.75) is 56.0 Å². The topological polar surface area (TPSA) is 110 Å². The molecule has 0 radical (unpaired) electrons. The van der Waals surface area contributed by atoms with E-state index in [0.717, 1.165) is 19.4 Å². The summed E-state index contributed by atoms with van der Waals surface area (Å²) < 4.78 is 63.9. The van der Waals surface area contributed by atoms with Crippen LogP contribution in [0.3, 0.4) is 0 Å². The Kier molecular flexibility index (Phi) is 7.11. The molecule has 1 N–H and O–H groups in total. The van der Waals surface area contributed by atoms with Gasteiger partial charge in [0.05, 0.1) is 29.8 Å². The highest BCUT2D eigenvalue weighted by Crippen LogP contribution is 2.45. The number of pyridine rings is 1. The Bertz CT molecular complexity index is 1990. The fourth-order valence-electron chi connectivity index (χ4n) is 7.67. The number of halogens is 3. The van der Waals surface area contributed by atoms with Gasteiger partial charge in [-0.3, -0.25) is 9.69 Å². The molecule has 242 valence electrons. The van der Waals surface area contributed by atoms with Gasteiger partial charge in [0.25, 0.3) is 6.47 Å². The van der Waals surface area contributed by atoms with Crippen molar-refractivity contribution in [3.63, 3.8) is 0 Å². The zero-order chi connectivity index (χ0) is 32.4. The summed E-state index contributed by atoms with van der Waals surface area (Å²) in [6.45, 7) is 1.91. The minimum Gasteiger partial charge on any atom is -0.475 e. The summed E-state index contributed by atoms with van der Waals surface area (Å²) in [5, 5.41) is 11.4. The zero-order valence-corrected chi connectivity index (χ0v) is 25.2. The first kappa shape index (κ1) is 29.7. The zero-order valence-electron chi connectivity index (χ0n) is 25.2. The quantitative estimate of drug-likeness (QED) is 0.231. The second-order valence-corrected chi connectivity index (χ2v) is 12.6. The molecular weight excluding hydrogens is 615 g/mol. The minimum absolute atomic E-state index is 0.0272. The highest BCUT2D eigenvalue weighted by Gasteiger charge is 2.49. The van der Waals surface area contributed by atoms with Crippen molar-refractivity contribution < 1.29 is 37.3 Å². The number of aliphatic hydroxyl groups excluding tert-OH is 1.